The van der Waals surface area contributed by atoms with Crippen molar-refractivity contribution in [2.75, 3.05) is 13.7 Å². The second-order valence-electron chi connectivity index (χ2n) is 4.94. The molecule has 0 saturated carbocycles. The van der Waals surface area contributed by atoms with Crippen LogP contribution in [0.1, 0.15) is 13.8 Å². The first-order chi connectivity index (χ1) is 8.91. The van der Waals surface area contributed by atoms with Crippen LogP contribution in [0.25, 0.3) is 0 Å². The van der Waals surface area contributed by atoms with E-state index in [0.717, 1.165) is 0 Å². The quantitative estimate of drug-likeness (QED) is 0.841. The van der Waals surface area contributed by atoms with Crippen LogP contribution >= 0.6 is 12.2 Å². The van der Waals surface area contributed by atoms with Crippen LogP contribution < -0.4 is 14.8 Å². The third kappa shape index (κ3) is 3.14. The monoisotopic (exact) mass is 280 g/mol. The van der Waals surface area contributed by atoms with Gasteiger partial charge in [0.2, 0.25) is 0 Å². The van der Waals surface area contributed by atoms with Crippen LogP contribution in [0, 0.1) is 0 Å². The number of ether oxygens (including phenoxy) is 2. The molecular formula is C13H16N2O3S. The number of carbonyl (C=O) groups is 1. The molecule has 1 aromatic carbocycles. The fraction of sp³-hybridized carbons (Fsp3) is 0.385. The van der Waals surface area contributed by atoms with Crippen molar-refractivity contribution in [2.24, 2.45) is 0 Å². The van der Waals surface area contributed by atoms with Gasteiger partial charge in [-0.1, -0.05) is 0 Å². The van der Waals surface area contributed by atoms with Gasteiger partial charge in [0.25, 0.3) is 0 Å². The smallest absolute Gasteiger partial charge is 0.421 e. The van der Waals surface area contributed by atoms with Crippen molar-refractivity contribution in [3.8, 4) is 11.5 Å². The maximum atomic E-state index is 12.0. The molecule has 102 valence electrons. The summed E-state index contributed by atoms with van der Waals surface area (Å²) in [6.07, 6.45) is -0.478. The van der Waals surface area contributed by atoms with Crippen molar-refractivity contribution in [3.63, 3.8) is 0 Å². The van der Waals surface area contributed by atoms with E-state index in [1.807, 2.05) is 13.8 Å². The predicted octanol–water partition coefficient (Wildman–Crippen LogP) is 2.16. The number of benzene rings is 1. The highest BCUT2D eigenvalue weighted by molar-refractivity contribution is 7.80. The van der Waals surface area contributed by atoms with Crippen molar-refractivity contribution in [1.29, 1.82) is 0 Å². The summed E-state index contributed by atoms with van der Waals surface area (Å²) in [4.78, 5) is 13.4. The Hall–Kier alpha value is -1.82. The summed E-state index contributed by atoms with van der Waals surface area (Å²) in [6.45, 7) is 4.43. The van der Waals surface area contributed by atoms with Crippen molar-refractivity contribution in [1.82, 2.24) is 10.2 Å². The molecule has 0 unspecified atom stereocenters. The summed E-state index contributed by atoms with van der Waals surface area (Å²) in [7, 11) is 1.58. The normalized spacial score (nSPS) is 17.0. The number of rotatable bonds is 2. The van der Waals surface area contributed by atoms with E-state index in [9.17, 15) is 4.79 Å². The lowest BCUT2D eigenvalue weighted by Crippen LogP contribution is -2.36. The van der Waals surface area contributed by atoms with Crippen molar-refractivity contribution in [2.45, 2.75) is 19.4 Å². The summed E-state index contributed by atoms with van der Waals surface area (Å²) in [6, 6.07) is 6.81. The van der Waals surface area contributed by atoms with Gasteiger partial charge in [-0.3, -0.25) is 4.90 Å². The van der Waals surface area contributed by atoms with Crippen LogP contribution in [0.4, 0.5) is 4.79 Å². The molecule has 1 amide bonds. The van der Waals surface area contributed by atoms with Gasteiger partial charge >= 0.3 is 6.09 Å². The van der Waals surface area contributed by atoms with Gasteiger partial charge in [0.15, 0.2) is 5.11 Å². The number of amides is 1. The molecule has 1 N–H and O–H groups in total. The summed E-state index contributed by atoms with van der Waals surface area (Å²) in [5.41, 5.74) is -0.226. The Balaban J connectivity index is 2.03. The Morgan fingerprint density at radius 1 is 1.32 bits per heavy atom. The fourth-order valence-electron chi connectivity index (χ4n) is 1.81. The molecule has 0 aromatic heterocycles. The second kappa shape index (κ2) is 5.05. The van der Waals surface area contributed by atoms with Crippen LogP contribution in [0.2, 0.25) is 0 Å². The number of thiocarbonyl (C=S) groups is 1. The van der Waals surface area contributed by atoms with Crippen LogP contribution in [0.15, 0.2) is 24.3 Å². The minimum absolute atomic E-state index is 0.226. The minimum atomic E-state index is -0.478. The van der Waals surface area contributed by atoms with Crippen molar-refractivity contribution in [3.05, 3.63) is 24.3 Å². The van der Waals surface area contributed by atoms with Gasteiger partial charge in [0.05, 0.1) is 19.2 Å². The number of hydrogen-bond donors (Lipinski definition) is 1. The van der Waals surface area contributed by atoms with E-state index in [-0.39, 0.29) is 5.54 Å². The molecule has 1 heterocycles. The molecule has 5 nitrogen and oxygen atoms in total. The van der Waals surface area contributed by atoms with E-state index in [0.29, 0.717) is 23.2 Å². The minimum Gasteiger partial charge on any atom is -0.497 e. The second-order valence-corrected chi connectivity index (χ2v) is 5.33. The molecule has 19 heavy (non-hydrogen) atoms. The molecule has 0 aliphatic carbocycles. The lowest BCUT2D eigenvalue weighted by molar-refractivity contribution is 0.176. The van der Waals surface area contributed by atoms with E-state index >= 15 is 0 Å². The van der Waals surface area contributed by atoms with Crippen LogP contribution in [0.5, 0.6) is 11.5 Å². The zero-order valence-corrected chi connectivity index (χ0v) is 11.9. The third-order valence-electron chi connectivity index (χ3n) is 2.73. The van der Waals surface area contributed by atoms with E-state index in [4.69, 9.17) is 21.7 Å². The topological polar surface area (TPSA) is 50.8 Å². The highest BCUT2D eigenvalue weighted by atomic mass is 32.1. The van der Waals surface area contributed by atoms with E-state index in [2.05, 4.69) is 5.32 Å². The molecule has 0 atom stereocenters. The SMILES string of the molecule is COc1ccc(OC(=O)N2CC(C)(C)NC2=S)cc1. The van der Waals surface area contributed by atoms with Crippen LogP contribution in [-0.2, 0) is 0 Å². The van der Waals surface area contributed by atoms with Crippen LogP contribution in [0.3, 0.4) is 0 Å². The average molecular weight is 280 g/mol. The van der Waals surface area contributed by atoms with Crippen molar-refractivity contribution < 1.29 is 14.3 Å². The highest BCUT2D eigenvalue weighted by Crippen LogP contribution is 2.20. The maximum absolute atomic E-state index is 12.0. The van der Waals surface area contributed by atoms with Gasteiger partial charge in [-0.05, 0) is 50.3 Å². The van der Waals surface area contributed by atoms with Gasteiger partial charge in [0, 0.05) is 0 Å². The predicted molar refractivity (Wildman–Crippen MR) is 75.5 cm³/mol. The molecule has 0 radical (unpaired) electrons. The zero-order valence-electron chi connectivity index (χ0n) is 11.1. The maximum Gasteiger partial charge on any atom is 0.421 e. The number of nitrogens with zero attached hydrogens (tertiary/aromatic N) is 1. The molecule has 1 saturated heterocycles. The lowest BCUT2D eigenvalue weighted by atomic mass is 10.1. The molecule has 1 aromatic rings. The van der Waals surface area contributed by atoms with E-state index in [1.54, 1.807) is 31.4 Å². The van der Waals surface area contributed by atoms with Gasteiger partial charge in [-0.25, -0.2) is 4.79 Å². The van der Waals surface area contributed by atoms with Gasteiger partial charge in [-0.15, -0.1) is 0 Å². The third-order valence-corrected chi connectivity index (χ3v) is 3.05. The first-order valence-electron chi connectivity index (χ1n) is 5.87. The molecule has 0 bridgehead atoms. The summed E-state index contributed by atoms with van der Waals surface area (Å²) in [5, 5.41) is 3.46. The largest absolute Gasteiger partial charge is 0.497 e. The first kappa shape index (κ1) is 13.6. The molecule has 2 rings (SSSR count). The molecule has 1 aliphatic rings. The Morgan fingerprint density at radius 2 is 1.89 bits per heavy atom. The number of carbonyl (C=O) groups excluding carboxylic acids is 1. The Morgan fingerprint density at radius 3 is 2.37 bits per heavy atom. The Labute approximate surface area is 117 Å². The molecule has 6 heteroatoms. The summed E-state index contributed by atoms with van der Waals surface area (Å²) < 4.78 is 10.3. The average Bonchev–Trinajstić information content (AvgIpc) is 2.64. The fourth-order valence-corrected chi connectivity index (χ4v) is 2.23. The highest BCUT2D eigenvalue weighted by Gasteiger charge is 2.36. The van der Waals surface area contributed by atoms with Gasteiger partial charge in [-0.2, -0.15) is 0 Å². The lowest BCUT2D eigenvalue weighted by Gasteiger charge is -2.17. The van der Waals surface area contributed by atoms with Crippen molar-refractivity contribution >= 4 is 23.4 Å². The first-order valence-corrected chi connectivity index (χ1v) is 6.28. The molecule has 1 fully saturated rings. The number of methoxy groups -OCH3 is 1. The van der Waals surface area contributed by atoms with E-state index in [1.165, 1.54) is 4.90 Å². The molecular weight excluding hydrogens is 264 g/mol. The standard InChI is InChI=1S/C13H16N2O3S/c1-13(2)8-15(11(19)14-13)12(16)18-10-6-4-9(17-3)5-7-10/h4-7H,8H2,1-3H3,(H,14,19). The van der Waals surface area contributed by atoms with Gasteiger partial charge in [0.1, 0.15) is 11.5 Å². The number of hydrogen-bond acceptors (Lipinski definition) is 4. The summed E-state index contributed by atoms with van der Waals surface area (Å²) in [5.74, 6) is 1.16. The Kier molecular flexibility index (Phi) is 3.61. The summed E-state index contributed by atoms with van der Waals surface area (Å²) >= 11 is 5.12. The van der Waals surface area contributed by atoms with Gasteiger partial charge < -0.3 is 14.8 Å². The molecule has 1 aliphatic heterocycles. The van der Waals surface area contributed by atoms with E-state index < -0.39 is 6.09 Å². The molecule has 0 spiro atoms. The van der Waals surface area contributed by atoms with Crippen LogP contribution in [-0.4, -0.2) is 35.3 Å². The number of nitrogens with one attached hydrogen (secondary N) is 1. The Bertz CT molecular complexity index is 499. The zero-order chi connectivity index (χ0) is 14.0.